The van der Waals surface area contributed by atoms with Gasteiger partial charge in [-0.15, -0.1) is 0 Å². The molecule has 0 amide bonds. The van der Waals surface area contributed by atoms with Gasteiger partial charge < -0.3 is 15.2 Å². The molecule has 0 aliphatic carbocycles. The van der Waals surface area contributed by atoms with Crippen LogP contribution in [0.15, 0.2) is 18.2 Å². The van der Waals surface area contributed by atoms with Crippen LogP contribution < -0.4 is 10.5 Å². The molecule has 4 heteroatoms. The minimum Gasteiger partial charge on any atom is -0.497 e. The maximum Gasteiger partial charge on any atom is 0.340 e. The zero-order chi connectivity index (χ0) is 12.8. The zero-order valence-corrected chi connectivity index (χ0v) is 10.5. The number of benzene rings is 1. The first-order valence-corrected chi connectivity index (χ1v) is 5.65. The second-order valence-electron chi connectivity index (χ2n) is 4.27. The van der Waals surface area contributed by atoms with Gasteiger partial charge in [0.1, 0.15) is 5.75 Å². The topological polar surface area (TPSA) is 61.5 Å². The first-order chi connectivity index (χ1) is 8.04. The molecule has 0 atom stereocenters. The Balaban J connectivity index is 2.63. The predicted molar refractivity (Wildman–Crippen MR) is 67.1 cm³/mol. The zero-order valence-electron chi connectivity index (χ0n) is 10.5. The lowest BCUT2D eigenvalue weighted by molar-refractivity contribution is 0.0489. The van der Waals surface area contributed by atoms with E-state index in [1.807, 2.05) is 0 Å². The van der Waals surface area contributed by atoms with Crippen LogP contribution in [0, 0.1) is 5.92 Å². The molecule has 0 fully saturated rings. The molecule has 0 heterocycles. The molecule has 4 nitrogen and oxygen atoms in total. The highest BCUT2D eigenvalue weighted by Gasteiger charge is 2.11. The fourth-order valence-corrected chi connectivity index (χ4v) is 1.32. The standard InChI is InChI=1S/C13H19NO3/c1-9(2)6-7-17-13(15)11-5-4-10(16-3)8-12(11)14/h4-5,8-9H,6-7,14H2,1-3H3. The summed E-state index contributed by atoms with van der Waals surface area (Å²) in [5.41, 5.74) is 6.51. The number of anilines is 1. The molecular formula is C13H19NO3. The minimum atomic E-state index is -0.384. The van der Waals surface area contributed by atoms with E-state index in [0.717, 1.165) is 6.42 Å². The van der Waals surface area contributed by atoms with Crippen molar-refractivity contribution in [3.05, 3.63) is 23.8 Å². The van der Waals surface area contributed by atoms with Crippen molar-refractivity contribution in [1.82, 2.24) is 0 Å². The van der Waals surface area contributed by atoms with E-state index in [9.17, 15) is 4.79 Å². The first kappa shape index (κ1) is 13.4. The van der Waals surface area contributed by atoms with Gasteiger partial charge in [-0.1, -0.05) is 13.8 Å². The molecule has 0 spiro atoms. The molecule has 2 N–H and O–H groups in total. The molecule has 17 heavy (non-hydrogen) atoms. The van der Waals surface area contributed by atoms with Gasteiger partial charge in [-0.25, -0.2) is 4.79 Å². The summed E-state index contributed by atoms with van der Waals surface area (Å²) in [6.07, 6.45) is 0.849. The van der Waals surface area contributed by atoms with E-state index in [4.69, 9.17) is 15.2 Å². The van der Waals surface area contributed by atoms with Crippen molar-refractivity contribution in [2.24, 2.45) is 5.92 Å². The average molecular weight is 237 g/mol. The van der Waals surface area contributed by atoms with Gasteiger partial charge >= 0.3 is 5.97 Å². The van der Waals surface area contributed by atoms with Crippen LogP contribution in [0.3, 0.4) is 0 Å². The molecule has 1 aromatic carbocycles. The fraction of sp³-hybridized carbons (Fsp3) is 0.462. The Morgan fingerprint density at radius 3 is 2.65 bits per heavy atom. The van der Waals surface area contributed by atoms with Crippen LogP contribution in [0.4, 0.5) is 5.69 Å². The largest absolute Gasteiger partial charge is 0.497 e. The van der Waals surface area contributed by atoms with Crippen LogP contribution in [-0.2, 0) is 4.74 Å². The normalized spacial score (nSPS) is 10.4. The fourth-order valence-electron chi connectivity index (χ4n) is 1.32. The second-order valence-corrected chi connectivity index (χ2v) is 4.27. The van der Waals surface area contributed by atoms with E-state index < -0.39 is 0 Å². The maximum absolute atomic E-state index is 11.7. The number of carbonyl (C=O) groups excluding carboxylic acids is 1. The van der Waals surface area contributed by atoms with E-state index in [-0.39, 0.29) is 5.97 Å². The lowest BCUT2D eigenvalue weighted by atomic mass is 10.1. The molecule has 0 bridgehead atoms. The van der Waals surface area contributed by atoms with Crippen molar-refractivity contribution in [3.8, 4) is 5.75 Å². The van der Waals surface area contributed by atoms with Crippen molar-refractivity contribution < 1.29 is 14.3 Å². The number of carbonyl (C=O) groups is 1. The number of hydrogen-bond acceptors (Lipinski definition) is 4. The highest BCUT2D eigenvalue weighted by atomic mass is 16.5. The van der Waals surface area contributed by atoms with Gasteiger partial charge in [0.15, 0.2) is 0 Å². The SMILES string of the molecule is COc1ccc(C(=O)OCCC(C)C)c(N)c1. The second kappa shape index (κ2) is 6.13. The van der Waals surface area contributed by atoms with Crippen molar-refractivity contribution in [3.63, 3.8) is 0 Å². The highest BCUT2D eigenvalue weighted by molar-refractivity contribution is 5.95. The van der Waals surface area contributed by atoms with Crippen LogP contribution >= 0.6 is 0 Å². The van der Waals surface area contributed by atoms with Gasteiger partial charge in [-0.05, 0) is 24.5 Å². The summed E-state index contributed by atoms with van der Waals surface area (Å²) >= 11 is 0. The average Bonchev–Trinajstić information content (AvgIpc) is 2.28. The molecular weight excluding hydrogens is 218 g/mol. The number of nitrogens with two attached hydrogens (primary N) is 1. The Hall–Kier alpha value is -1.71. The Kier molecular flexibility index (Phi) is 4.82. The van der Waals surface area contributed by atoms with Gasteiger partial charge in [0.25, 0.3) is 0 Å². The Morgan fingerprint density at radius 2 is 2.12 bits per heavy atom. The third-order valence-electron chi connectivity index (χ3n) is 2.41. The Bertz CT molecular complexity index is 388. The van der Waals surface area contributed by atoms with E-state index in [1.54, 1.807) is 25.3 Å². The summed E-state index contributed by atoms with van der Waals surface area (Å²) in [6.45, 7) is 4.58. The molecule has 0 radical (unpaired) electrons. The summed E-state index contributed by atoms with van der Waals surface area (Å²) in [5, 5.41) is 0. The van der Waals surface area contributed by atoms with Crippen LogP contribution in [0.25, 0.3) is 0 Å². The lowest BCUT2D eigenvalue weighted by Crippen LogP contribution is -2.10. The number of ether oxygens (including phenoxy) is 2. The van der Waals surface area contributed by atoms with E-state index in [0.29, 0.717) is 29.5 Å². The van der Waals surface area contributed by atoms with Gasteiger partial charge in [0, 0.05) is 11.8 Å². The van der Waals surface area contributed by atoms with Gasteiger partial charge in [-0.3, -0.25) is 0 Å². The number of methoxy groups -OCH3 is 1. The number of hydrogen-bond donors (Lipinski definition) is 1. The predicted octanol–water partition coefficient (Wildman–Crippen LogP) is 2.48. The Labute approximate surface area is 102 Å². The van der Waals surface area contributed by atoms with Gasteiger partial charge in [-0.2, -0.15) is 0 Å². The molecule has 0 aliphatic heterocycles. The molecule has 0 aromatic heterocycles. The van der Waals surface area contributed by atoms with Gasteiger partial charge in [0.05, 0.1) is 19.3 Å². The van der Waals surface area contributed by atoms with Crippen molar-refractivity contribution in [1.29, 1.82) is 0 Å². The molecule has 0 saturated carbocycles. The third-order valence-corrected chi connectivity index (χ3v) is 2.41. The van der Waals surface area contributed by atoms with Crippen molar-refractivity contribution >= 4 is 11.7 Å². The maximum atomic E-state index is 11.7. The summed E-state index contributed by atoms with van der Waals surface area (Å²) in [7, 11) is 1.55. The summed E-state index contributed by atoms with van der Waals surface area (Å²) in [6, 6.07) is 4.92. The van der Waals surface area contributed by atoms with E-state index in [1.165, 1.54) is 0 Å². The summed E-state index contributed by atoms with van der Waals surface area (Å²) < 4.78 is 10.1. The monoisotopic (exact) mass is 237 g/mol. The van der Waals surface area contributed by atoms with Crippen LogP contribution in [-0.4, -0.2) is 19.7 Å². The summed E-state index contributed by atoms with van der Waals surface area (Å²) in [5.74, 6) is 0.753. The van der Waals surface area contributed by atoms with Crippen LogP contribution in [0.2, 0.25) is 0 Å². The van der Waals surface area contributed by atoms with Crippen molar-refractivity contribution in [2.75, 3.05) is 19.5 Å². The molecule has 94 valence electrons. The minimum absolute atomic E-state index is 0.374. The summed E-state index contributed by atoms with van der Waals surface area (Å²) in [4.78, 5) is 11.7. The molecule has 0 unspecified atom stereocenters. The molecule has 1 aromatic rings. The van der Waals surface area contributed by atoms with E-state index in [2.05, 4.69) is 13.8 Å². The quantitative estimate of drug-likeness (QED) is 0.631. The molecule has 1 rings (SSSR count). The number of rotatable bonds is 5. The first-order valence-electron chi connectivity index (χ1n) is 5.65. The van der Waals surface area contributed by atoms with Crippen LogP contribution in [0.5, 0.6) is 5.75 Å². The lowest BCUT2D eigenvalue weighted by Gasteiger charge is -2.09. The van der Waals surface area contributed by atoms with Crippen LogP contribution in [0.1, 0.15) is 30.6 Å². The highest BCUT2D eigenvalue weighted by Crippen LogP contribution is 2.20. The third kappa shape index (κ3) is 3.98. The smallest absolute Gasteiger partial charge is 0.340 e. The Morgan fingerprint density at radius 1 is 1.41 bits per heavy atom. The molecule has 0 saturated heterocycles. The molecule has 0 aliphatic rings. The van der Waals surface area contributed by atoms with Gasteiger partial charge in [0.2, 0.25) is 0 Å². The number of esters is 1. The van der Waals surface area contributed by atoms with E-state index >= 15 is 0 Å². The van der Waals surface area contributed by atoms with Crippen molar-refractivity contribution in [2.45, 2.75) is 20.3 Å². The number of nitrogen functional groups attached to an aromatic ring is 1.